The van der Waals surface area contributed by atoms with Crippen LogP contribution in [0.3, 0.4) is 0 Å². The van der Waals surface area contributed by atoms with Crippen LogP contribution in [-0.4, -0.2) is 34.1 Å². The molecule has 2 N–H and O–H groups in total. The Morgan fingerprint density at radius 2 is 1.47 bits per heavy atom. The van der Waals surface area contributed by atoms with Crippen LogP contribution in [0.5, 0.6) is 11.5 Å². The summed E-state index contributed by atoms with van der Waals surface area (Å²) in [5, 5.41) is 2.80. The van der Waals surface area contributed by atoms with Crippen molar-refractivity contribution in [2.45, 2.75) is 18.2 Å². The van der Waals surface area contributed by atoms with Gasteiger partial charge in [0.05, 0.1) is 11.5 Å². The second kappa shape index (κ2) is 11.2. The summed E-state index contributed by atoms with van der Waals surface area (Å²) in [4.78, 5) is 12.0. The summed E-state index contributed by atoms with van der Waals surface area (Å²) in [6.07, 6.45) is 0.737. The van der Waals surface area contributed by atoms with E-state index >= 15 is 0 Å². The highest BCUT2D eigenvalue weighted by Gasteiger charge is 2.14. The highest BCUT2D eigenvalue weighted by atomic mass is 32.2. The molecule has 0 unspecified atom stereocenters. The lowest BCUT2D eigenvalue weighted by Gasteiger charge is -2.11. The highest BCUT2D eigenvalue weighted by Crippen LogP contribution is 2.21. The molecule has 3 rings (SSSR count). The molecular formula is C24H26N2O5S. The van der Waals surface area contributed by atoms with Gasteiger partial charge in [-0.05, 0) is 67.4 Å². The first-order valence-corrected chi connectivity index (χ1v) is 11.7. The number of sulfonamides is 1. The number of benzene rings is 3. The van der Waals surface area contributed by atoms with Gasteiger partial charge in [0.2, 0.25) is 0 Å². The van der Waals surface area contributed by atoms with Gasteiger partial charge in [0.25, 0.3) is 15.9 Å². The SMILES string of the molecule is CCOc1ccc(NS(=O)(=O)c2ccc(OCC(=O)NCCc3ccccc3)cc2)cc1. The fourth-order valence-electron chi connectivity index (χ4n) is 2.91. The van der Waals surface area contributed by atoms with Crippen LogP contribution in [-0.2, 0) is 21.2 Å². The smallest absolute Gasteiger partial charge is 0.261 e. The molecular weight excluding hydrogens is 428 g/mol. The van der Waals surface area contributed by atoms with Crippen LogP contribution in [0.25, 0.3) is 0 Å². The van der Waals surface area contributed by atoms with Gasteiger partial charge in [-0.1, -0.05) is 30.3 Å². The number of anilines is 1. The van der Waals surface area contributed by atoms with E-state index in [-0.39, 0.29) is 17.4 Å². The molecule has 0 aliphatic rings. The predicted molar refractivity (Wildman–Crippen MR) is 124 cm³/mol. The minimum absolute atomic E-state index is 0.0889. The number of carbonyl (C=O) groups is 1. The first-order valence-electron chi connectivity index (χ1n) is 10.3. The zero-order chi connectivity index (χ0) is 22.8. The van der Waals surface area contributed by atoms with Gasteiger partial charge in [-0.3, -0.25) is 9.52 Å². The summed E-state index contributed by atoms with van der Waals surface area (Å²) in [5.74, 6) is 0.832. The van der Waals surface area contributed by atoms with Crippen molar-refractivity contribution in [3.8, 4) is 11.5 Å². The van der Waals surface area contributed by atoms with E-state index in [4.69, 9.17) is 9.47 Å². The Kier molecular flexibility index (Phi) is 8.10. The van der Waals surface area contributed by atoms with Crippen LogP contribution >= 0.6 is 0 Å². The van der Waals surface area contributed by atoms with E-state index in [1.165, 1.54) is 24.3 Å². The average Bonchev–Trinajstić information content (AvgIpc) is 2.80. The number of nitrogens with one attached hydrogen (secondary N) is 2. The molecule has 0 aromatic heterocycles. The zero-order valence-electron chi connectivity index (χ0n) is 17.8. The van der Waals surface area contributed by atoms with Gasteiger partial charge < -0.3 is 14.8 Å². The second-order valence-corrected chi connectivity index (χ2v) is 8.59. The Morgan fingerprint density at radius 3 is 2.12 bits per heavy atom. The molecule has 0 atom stereocenters. The van der Waals surface area contributed by atoms with Crippen molar-refractivity contribution >= 4 is 21.6 Å². The maximum Gasteiger partial charge on any atom is 0.261 e. The molecule has 0 radical (unpaired) electrons. The molecule has 3 aromatic carbocycles. The summed E-state index contributed by atoms with van der Waals surface area (Å²) >= 11 is 0. The number of amides is 1. The molecule has 0 aliphatic carbocycles. The summed E-state index contributed by atoms with van der Waals surface area (Å²) in [6.45, 7) is 2.78. The number of hydrogen-bond acceptors (Lipinski definition) is 5. The van der Waals surface area contributed by atoms with Gasteiger partial charge in [0.15, 0.2) is 6.61 Å². The lowest BCUT2D eigenvalue weighted by atomic mass is 10.1. The number of ether oxygens (including phenoxy) is 2. The third-order valence-electron chi connectivity index (χ3n) is 4.50. The quantitative estimate of drug-likeness (QED) is 0.462. The number of carbonyl (C=O) groups excluding carboxylic acids is 1. The molecule has 168 valence electrons. The maximum absolute atomic E-state index is 12.6. The van der Waals surface area contributed by atoms with Crippen molar-refractivity contribution in [2.24, 2.45) is 0 Å². The summed E-state index contributed by atoms with van der Waals surface area (Å²) in [6, 6.07) is 22.4. The zero-order valence-corrected chi connectivity index (χ0v) is 18.6. The van der Waals surface area contributed by atoms with Crippen LogP contribution in [0, 0.1) is 0 Å². The topological polar surface area (TPSA) is 93.7 Å². The molecule has 0 bridgehead atoms. The van der Waals surface area contributed by atoms with Crippen LogP contribution in [0.1, 0.15) is 12.5 Å². The van der Waals surface area contributed by atoms with E-state index in [2.05, 4.69) is 10.0 Å². The van der Waals surface area contributed by atoms with Gasteiger partial charge in [0.1, 0.15) is 11.5 Å². The molecule has 3 aromatic rings. The van der Waals surface area contributed by atoms with E-state index in [0.29, 0.717) is 30.3 Å². The van der Waals surface area contributed by atoms with Gasteiger partial charge in [-0.2, -0.15) is 0 Å². The molecule has 7 nitrogen and oxygen atoms in total. The summed E-state index contributed by atoms with van der Waals surface area (Å²) in [5.41, 5.74) is 1.57. The minimum Gasteiger partial charge on any atom is -0.494 e. The van der Waals surface area contributed by atoms with Crippen LogP contribution < -0.4 is 19.5 Å². The normalized spacial score (nSPS) is 10.9. The van der Waals surface area contributed by atoms with Gasteiger partial charge >= 0.3 is 0 Å². The first kappa shape index (κ1) is 23.1. The molecule has 0 heterocycles. The van der Waals surface area contributed by atoms with E-state index in [9.17, 15) is 13.2 Å². The van der Waals surface area contributed by atoms with Crippen LogP contribution in [0.15, 0.2) is 83.8 Å². The first-order chi connectivity index (χ1) is 15.5. The second-order valence-electron chi connectivity index (χ2n) is 6.91. The van der Waals surface area contributed by atoms with Gasteiger partial charge in [-0.25, -0.2) is 8.42 Å². The van der Waals surface area contributed by atoms with Crippen LogP contribution in [0.2, 0.25) is 0 Å². The Balaban J connectivity index is 1.47. The molecule has 32 heavy (non-hydrogen) atoms. The largest absolute Gasteiger partial charge is 0.494 e. The average molecular weight is 455 g/mol. The Morgan fingerprint density at radius 1 is 0.844 bits per heavy atom. The summed E-state index contributed by atoms with van der Waals surface area (Å²) in [7, 11) is -3.75. The van der Waals surface area contributed by atoms with Crippen LogP contribution in [0.4, 0.5) is 5.69 Å². The third-order valence-corrected chi connectivity index (χ3v) is 5.90. The van der Waals surface area contributed by atoms with Crippen molar-refractivity contribution in [2.75, 3.05) is 24.5 Å². The molecule has 0 spiro atoms. The fraction of sp³-hybridized carbons (Fsp3) is 0.208. The highest BCUT2D eigenvalue weighted by molar-refractivity contribution is 7.92. The summed E-state index contributed by atoms with van der Waals surface area (Å²) < 4.78 is 38.5. The third kappa shape index (κ3) is 7.02. The predicted octanol–water partition coefficient (Wildman–Crippen LogP) is 3.62. The van der Waals surface area contributed by atoms with Crippen molar-refractivity contribution in [1.82, 2.24) is 5.32 Å². The monoisotopic (exact) mass is 454 g/mol. The molecule has 0 saturated heterocycles. The lowest BCUT2D eigenvalue weighted by molar-refractivity contribution is -0.123. The maximum atomic E-state index is 12.6. The Labute approximate surface area is 188 Å². The Bertz CT molecular complexity index is 1100. The van der Waals surface area contributed by atoms with Crippen molar-refractivity contribution in [3.05, 3.63) is 84.4 Å². The fourth-order valence-corrected chi connectivity index (χ4v) is 3.96. The van der Waals surface area contributed by atoms with Crippen molar-refractivity contribution < 1.29 is 22.7 Å². The molecule has 0 fully saturated rings. The van der Waals surface area contributed by atoms with E-state index in [1.54, 1.807) is 24.3 Å². The lowest BCUT2D eigenvalue weighted by Crippen LogP contribution is -2.30. The van der Waals surface area contributed by atoms with E-state index in [0.717, 1.165) is 12.0 Å². The molecule has 8 heteroatoms. The number of rotatable bonds is 11. The molecule has 1 amide bonds. The van der Waals surface area contributed by atoms with Gasteiger partial charge in [0, 0.05) is 12.2 Å². The molecule has 0 aliphatic heterocycles. The molecule has 0 saturated carbocycles. The van der Waals surface area contributed by atoms with E-state index < -0.39 is 10.0 Å². The standard InChI is InChI=1S/C24H26N2O5S/c1-2-30-21-10-8-20(9-11-21)26-32(28,29)23-14-12-22(13-15-23)31-18-24(27)25-17-16-19-6-4-3-5-7-19/h3-15,26H,2,16-18H2,1H3,(H,25,27). The van der Waals surface area contributed by atoms with Crippen molar-refractivity contribution in [3.63, 3.8) is 0 Å². The van der Waals surface area contributed by atoms with Crippen molar-refractivity contribution in [1.29, 1.82) is 0 Å². The van der Waals surface area contributed by atoms with Gasteiger partial charge in [-0.15, -0.1) is 0 Å². The minimum atomic E-state index is -3.75. The van der Waals surface area contributed by atoms with E-state index in [1.807, 2.05) is 37.3 Å². The number of hydrogen-bond donors (Lipinski definition) is 2. The Hall–Kier alpha value is -3.52.